The summed E-state index contributed by atoms with van der Waals surface area (Å²) in [5.41, 5.74) is 2.68. The van der Waals surface area contributed by atoms with Crippen LogP contribution in [0.3, 0.4) is 0 Å². The molecule has 3 aromatic heterocycles. The minimum absolute atomic E-state index is 0.142. The third kappa shape index (κ3) is 5.95. The molecule has 0 aliphatic heterocycles. The van der Waals surface area contributed by atoms with Gasteiger partial charge in [0.2, 0.25) is 5.95 Å². The molecule has 0 spiro atoms. The lowest BCUT2D eigenvalue weighted by Crippen LogP contribution is -2.29. The van der Waals surface area contributed by atoms with Gasteiger partial charge in [-0.05, 0) is 63.5 Å². The molecule has 3 N–H and O–H groups in total. The van der Waals surface area contributed by atoms with Gasteiger partial charge in [0.1, 0.15) is 11.4 Å². The minimum atomic E-state index is -0.765. The first-order chi connectivity index (χ1) is 17.9. The number of aliphatic carboxylic acids is 1. The molecular formula is C25H31FN8O3. The van der Waals surface area contributed by atoms with Crippen LogP contribution in [0.2, 0.25) is 0 Å². The molecule has 0 unspecified atom stereocenters. The second-order valence-electron chi connectivity index (χ2n) is 9.80. The summed E-state index contributed by atoms with van der Waals surface area (Å²) in [7, 11) is 1.79. The Balaban J connectivity index is 1.27. The summed E-state index contributed by atoms with van der Waals surface area (Å²) in [4.78, 5) is 24.4. The fraction of sp³-hybridized carbons (Fsp3) is 0.520. The van der Waals surface area contributed by atoms with Crippen LogP contribution < -0.4 is 15.4 Å². The third-order valence-corrected chi connectivity index (χ3v) is 6.90. The van der Waals surface area contributed by atoms with Crippen molar-refractivity contribution in [3.05, 3.63) is 35.5 Å². The highest BCUT2D eigenvalue weighted by molar-refractivity contribution is 5.70. The molecular weight excluding hydrogens is 479 g/mol. The zero-order chi connectivity index (χ0) is 25.9. The van der Waals surface area contributed by atoms with Gasteiger partial charge in [-0.25, -0.2) is 19.0 Å². The van der Waals surface area contributed by atoms with E-state index < -0.39 is 11.8 Å². The van der Waals surface area contributed by atoms with Crippen molar-refractivity contribution < 1.29 is 19.0 Å². The Labute approximate surface area is 213 Å². The lowest BCUT2D eigenvalue weighted by atomic mass is 9.87. The molecule has 11 nitrogen and oxygen atoms in total. The molecule has 5 rings (SSSR count). The Hall–Kier alpha value is -3.83. The molecule has 0 amide bonds. The fourth-order valence-electron chi connectivity index (χ4n) is 4.54. The molecule has 0 aromatic carbocycles. The minimum Gasteiger partial charge on any atom is -0.489 e. The van der Waals surface area contributed by atoms with Crippen LogP contribution in [0.1, 0.15) is 49.9 Å². The number of aryl methyl sites for hydroxylation is 2. The second kappa shape index (κ2) is 10.7. The number of anilines is 2. The van der Waals surface area contributed by atoms with Gasteiger partial charge in [-0.3, -0.25) is 4.79 Å². The Morgan fingerprint density at radius 2 is 2.05 bits per heavy atom. The molecule has 2 aliphatic carbocycles. The number of carboxylic acids is 1. The number of hydrogen-bond acceptors (Lipinski definition) is 9. The summed E-state index contributed by atoms with van der Waals surface area (Å²) < 4.78 is 21.9. The molecule has 2 fully saturated rings. The molecule has 196 valence electrons. The Kier molecular flexibility index (Phi) is 7.15. The van der Waals surface area contributed by atoms with E-state index in [0.717, 1.165) is 37.6 Å². The van der Waals surface area contributed by atoms with Crippen LogP contribution in [0.25, 0.3) is 11.4 Å². The van der Waals surface area contributed by atoms with E-state index in [0.29, 0.717) is 60.6 Å². The van der Waals surface area contributed by atoms with E-state index in [-0.39, 0.29) is 17.8 Å². The van der Waals surface area contributed by atoms with Crippen LogP contribution in [0.15, 0.2) is 18.3 Å². The van der Waals surface area contributed by atoms with E-state index in [1.165, 1.54) is 0 Å². The molecule has 2 atom stereocenters. The normalized spacial score (nSPS) is 19.4. The zero-order valence-corrected chi connectivity index (χ0v) is 20.9. The highest BCUT2D eigenvalue weighted by Gasteiger charge is 2.28. The summed E-state index contributed by atoms with van der Waals surface area (Å²) in [6.45, 7) is 2.87. The number of rotatable bonds is 10. The largest absolute Gasteiger partial charge is 0.489 e. The maximum atomic E-state index is 14.1. The van der Waals surface area contributed by atoms with Gasteiger partial charge in [0, 0.05) is 13.6 Å². The van der Waals surface area contributed by atoms with Crippen LogP contribution in [0, 0.1) is 24.6 Å². The van der Waals surface area contributed by atoms with Gasteiger partial charge in [0.05, 0.1) is 41.8 Å². The summed E-state index contributed by atoms with van der Waals surface area (Å²) in [5.74, 6) is 0.0957. The van der Waals surface area contributed by atoms with E-state index in [9.17, 15) is 14.3 Å². The number of carboxylic acid groups (broad SMARTS) is 1. The van der Waals surface area contributed by atoms with Crippen LogP contribution in [-0.2, 0) is 18.4 Å². The van der Waals surface area contributed by atoms with Crippen LogP contribution in [0.4, 0.5) is 16.2 Å². The molecule has 2 aliphatic rings. The van der Waals surface area contributed by atoms with E-state index in [1.54, 1.807) is 11.7 Å². The first-order valence-corrected chi connectivity index (χ1v) is 12.6. The lowest BCUT2D eigenvalue weighted by molar-refractivity contribution is -0.143. The number of nitrogens with zero attached hydrogens (tertiary/aromatic N) is 6. The summed E-state index contributed by atoms with van der Waals surface area (Å²) in [6, 6.07) is 3.66. The Bertz CT molecular complexity index is 1280. The number of nitrogens with one attached hydrogen (secondary N) is 2. The monoisotopic (exact) mass is 510 g/mol. The standard InChI is InChI=1S/C25H31FN8O3/c1-14-21(37-17-5-3-4-16(10-17)24(35)36)9-8-19(30-14)22-20(34(2)33-32-22)13-29-25-28-12-18(26)23(31-25)27-11-15-6-7-15/h8-9,12,15-17H,3-7,10-11,13H2,1-2H3,(H,35,36)(H2,27,28,29,31)/t16-,17-/m0/s1. The molecule has 2 saturated carbocycles. The molecule has 0 radical (unpaired) electrons. The zero-order valence-electron chi connectivity index (χ0n) is 20.9. The average Bonchev–Trinajstić information content (AvgIpc) is 3.65. The van der Waals surface area contributed by atoms with E-state index >= 15 is 0 Å². The number of pyridine rings is 1. The van der Waals surface area contributed by atoms with E-state index in [2.05, 4.69) is 35.9 Å². The highest BCUT2D eigenvalue weighted by atomic mass is 19.1. The highest BCUT2D eigenvalue weighted by Crippen LogP contribution is 2.31. The first kappa shape index (κ1) is 24.8. The molecule has 0 bridgehead atoms. The molecule has 3 aromatic rings. The number of ether oxygens (including phenoxy) is 1. The summed E-state index contributed by atoms with van der Waals surface area (Å²) in [6.07, 6.45) is 6.18. The van der Waals surface area contributed by atoms with Crippen molar-refractivity contribution in [3.8, 4) is 17.1 Å². The molecule has 3 heterocycles. The van der Waals surface area contributed by atoms with Crippen molar-refractivity contribution >= 4 is 17.7 Å². The van der Waals surface area contributed by atoms with Crippen molar-refractivity contribution in [2.45, 2.75) is 58.1 Å². The predicted molar refractivity (Wildman–Crippen MR) is 134 cm³/mol. The molecule has 12 heteroatoms. The van der Waals surface area contributed by atoms with Crippen molar-refractivity contribution in [1.29, 1.82) is 0 Å². The maximum Gasteiger partial charge on any atom is 0.306 e. The maximum absolute atomic E-state index is 14.1. The van der Waals surface area contributed by atoms with Gasteiger partial charge in [0.25, 0.3) is 0 Å². The van der Waals surface area contributed by atoms with Gasteiger partial charge < -0.3 is 20.5 Å². The van der Waals surface area contributed by atoms with Crippen molar-refractivity contribution in [2.24, 2.45) is 18.9 Å². The predicted octanol–water partition coefficient (Wildman–Crippen LogP) is 3.57. The van der Waals surface area contributed by atoms with Gasteiger partial charge in [-0.2, -0.15) is 4.98 Å². The van der Waals surface area contributed by atoms with Crippen LogP contribution in [-0.4, -0.2) is 53.7 Å². The summed E-state index contributed by atoms with van der Waals surface area (Å²) >= 11 is 0. The molecule has 37 heavy (non-hydrogen) atoms. The number of hydrogen-bond donors (Lipinski definition) is 3. The Morgan fingerprint density at radius 3 is 2.81 bits per heavy atom. The quantitative estimate of drug-likeness (QED) is 0.371. The SMILES string of the molecule is Cc1nc(-c2nnn(C)c2CNc2ncc(F)c(NCC3CC3)n2)ccc1O[C@H]1CCC[C@H](C(=O)O)C1. The smallest absolute Gasteiger partial charge is 0.306 e. The van der Waals surface area contributed by atoms with Crippen LogP contribution >= 0.6 is 0 Å². The van der Waals surface area contributed by atoms with Gasteiger partial charge >= 0.3 is 5.97 Å². The van der Waals surface area contributed by atoms with E-state index in [4.69, 9.17) is 4.74 Å². The number of carbonyl (C=O) groups is 1. The lowest BCUT2D eigenvalue weighted by Gasteiger charge is -2.27. The van der Waals surface area contributed by atoms with E-state index in [1.807, 2.05) is 19.1 Å². The number of halogens is 1. The topological polar surface area (TPSA) is 140 Å². The van der Waals surface area contributed by atoms with Crippen molar-refractivity contribution in [3.63, 3.8) is 0 Å². The molecule has 0 saturated heterocycles. The average molecular weight is 511 g/mol. The van der Waals surface area contributed by atoms with Crippen LogP contribution in [0.5, 0.6) is 5.75 Å². The summed E-state index contributed by atoms with van der Waals surface area (Å²) in [5, 5.41) is 24.0. The van der Waals surface area contributed by atoms with Gasteiger partial charge in [-0.1, -0.05) is 5.21 Å². The van der Waals surface area contributed by atoms with Gasteiger partial charge in [0.15, 0.2) is 11.6 Å². The fourth-order valence-corrected chi connectivity index (χ4v) is 4.54. The first-order valence-electron chi connectivity index (χ1n) is 12.6. The van der Waals surface area contributed by atoms with Gasteiger partial charge in [-0.15, -0.1) is 5.10 Å². The Morgan fingerprint density at radius 1 is 1.22 bits per heavy atom. The van der Waals surface area contributed by atoms with Crippen molar-refractivity contribution in [2.75, 3.05) is 17.2 Å². The number of aromatic nitrogens is 6. The third-order valence-electron chi connectivity index (χ3n) is 6.90. The van der Waals surface area contributed by atoms with Crippen molar-refractivity contribution in [1.82, 2.24) is 29.9 Å². The second-order valence-corrected chi connectivity index (χ2v) is 9.80.